The van der Waals surface area contributed by atoms with Gasteiger partial charge in [-0.25, -0.2) is 12.7 Å². The van der Waals surface area contributed by atoms with E-state index in [-0.39, 0.29) is 54.2 Å². The summed E-state index contributed by atoms with van der Waals surface area (Å²) in [6.45, 7) is 7.89. The second kappa shape index (κ2) is 11.7. The largest absolute Gasteiger partial charge is 0.352 e. The number of fused-ring (bicyclic) bond motifs is 1. The second-order valence-electron chi connectivity index (χ2n) is 9.23. The minimum absolute atomic E-state index is 0.00448. The summed E-state index contributed by atoms with van der Waals surface area (Å²) in [6, 6.07) is 13.2. The van der Waals surface area contributed by atoms with Crippen molar-refractivity contribution >= 4 is 27.7 Å². The average molecular weight is 514 g/mol. The van der Waals surface area contributed by atoms with Crippen LogP contribution in [0.3, 0.4) is 0 Å². The van der Waals surface area contributed by atoms with Gasteiger partial charge in [-0.05, 0) is 50.8 Å². The Kier molecular flexibility index (Phi) is 8.89. The highest BCUT2D eigenvalue weighted by Crippen LogP contribution is 2.30. The van der Waals surface area contributed by atoms with E-state index in [0.29, 0.717) is 6.42 Å². The molecule has 1 heterocycles. The van der Waals surface area contributed by atoms with Gasteiger partial charge in [0.05, 0.1) is 5.56 Å². The Morgan fingerprint density at radius 2 is 1.78 bits per heavy atom. The van der Waals surface area contributed by atoms with Crippen LogP contribution in [0.5, 0.6) is 0 Å². The van der Waals surface area contributed by atoms with Crippen LogP contribution in [-0.2, 0) is 26.2 Å². The monoisotopic (exact) mass is 513 g/mol. The first-order chi connectivity index (χ1) is 17.1. The number of hydrogen-bond acceptors (Lipinski definition) is 5. The first kappa shape index (κ1) is 27.4. The first-order valence-corrected chi connectivity index (χ1v) is 13.9. The molecule has 0 spiro atoms. The second-order valence-corrected chi connectivity index (χ2v) is 11.1. The summed E-state index contributed by atoms with van der Waals surface area (Å²) in [4.78, 5) is 40.7. The van der Waals surface area contributed by atoms with E-state index in [9.17, 15) is 22.8 Å². The molecule has 2 atom stereocenters. The van der Waals surface area contributed by atoms with E-state index in [4.69, 9.17) is 0 Å². The lowest BCUT2D eigenvalue weighted by Crippen LogP contribution is -2.50. The number of rotatable bonds is 11. The van der Waals surface area contributed by atoms with Crippen molar-refractivity contribution in [2.24, 2.45) is 0 Å². The smallest absolute Gasteiger partial charge is 0.269 e. The van der Waals surface area contributed by atoms with Gasteiger partial charge in [-0.3, -0.25) is 14.4 Å². The van der Waals surface area contributed by atoms with Gasteiger partial charge < -0.3 is 10.2 Å². The van der Waals surface area contributed by atoms with Gasteiger partial charge in [-0.15, -0.1) is 0 Å². The first-order valence-electron chi connectivity index (χ1n) is 12.4. The summed E-state index contributed by atoms with van der Waals surface area (Å²) in [6.07, 6.45) is 1.38. The lowest BCUT2D eigenvalue weighted by molar-refractivity contribution is -0.141. The lowest BCUT2D eigenvalue weighted by Gasteiger charge is -2.31. The minimum Gasteiger partial charge on any atom is -0.352 e. The molecule has 2 aromatic rings. The normalized spacial score (nSPS) is 15.8. The zero-order valence-corrected chi connectivity index (χ0v) is 22.2. The molecule has 194 valence electrons. The predicted molar refractivity (Wildman–Crippen MR) is 138 cm³/mol. The number of carbonyl (C=O) groups excluding carboxylic acids is 3. The van der Waals surface area contributed by atoms with Gasteiger partial charge in [0.1, 0.15) is 10.9 Å². The van der Waals surface area contributed by atoms with E-state index in [1.165, 1.54) is 12.1 Å². The Morgan fingerprint density at radius 3 is 2.42 bits per heavy atom. The highest BCUT2D eigenvalue weighted by Gasteiger charge is 2.40. The van der Waals surface area contributed by atoms with Crippen LogP contribution in [0.4, 0.5) is 0 Å². The fourth-order valence-corrected chi connectivity index (χ4v) is 5.94. The van der Waals surface area contributed by atoms with Gasteiger partial charge >= 0.3 is 0 Å². The number of benzene rings is 2. The Hall–Kier alpha value is -3.20. The van der Waals surface area contributed by atoms with Crippen LogP contribution in [0.15, 0.2) is 53.4 Å². The van der Waals surface area contributed by atoms with Crippen LogP contribution in [-0.4, -0.2) is 54.0 Å². The van der Waals surface area contributed by atoms with Crippen molar-refractivity contribution in [3.8, 4) is 0 Å². The number of sulfonamides is 1. The molecule has 0 saturated carbocycles. The van der Waals surface area contributed by atoms with Crippen LogP contribution in [0.25, 0.3) is 0 Å². The Bertz CT molecular complexity index is 1230. The third-order valence-electron chi connectivity index (χ3n) is 6.49. The molecule has 0 radical (unpaired) electrons. The maximum atomic E-state index is 13.4. The zero-order chi connectivity index (χ0) is 26.5. The Morgan fingerprint density at radius 1 is 1.06 bits per heavy atom. The standard InChI is InChI=1S/C27H35N3O5S/c1-5-20(4)28-26(32)23(6-2)29(18-21-12-9-11-19(3)17-21)25(31)15-10-16-30-27(33)22-13-7-8-14-24(22)36(30,34)35/h7-9,11-14,17,20,23H,5-6,10,15-16,18H2,1-4H3,(H,28,32)/t20-,23-/m0/s1. The molecule has 3 rings (SSSR count). The van der Waals surface area contributed by atoms with Gasteiger partial charge in [0.2, 0.25) is 11.8 Å². The van der Waals surface area contributed by atoms with Crippen LogP contribution in [0, 0.1) is 6.92 Å². The van der Waals surface area contributed by atoms with Crippen LogP contribution >= 0.6 is 0 Å². The van der Waals surface area contributed by atoms with Crippen LogP contribution < -0.4 is 5.32 Å². The highest BCUT2D eigenvalue weighted by atomic mass is 32.2. The van der Waals surface area contributed by atoms with Gasteiger partial charge in [-0.2, -0.15) is 0 Å². The average Bonchev–Trinajstić information content (AvgIpc) is 3.04. The number of aryl methyl sites for hydroxylation is 1. The SMILES string of the molecule is CC[C@H](C)NC(=O)[C@H](CC)N(Cc1cccc(C)c1)C(=O)CCCN1C(=O)c2ccccc2S1(=O)=O. The molecule has 8 nitrogen and oxygen atoms in total. The Labute approximate surface area is 213 Å². The van der Waals surface area contributed by atoms with Crippen LogP contribution in [0.1, 0.15) is 67.9 Å². The summed E-state index contributed by atoms with van der Waals surface area (Å²) in [5, 5.41) is 2.98. The van der Waals surface area contributed by atoms with Crippen molar-refractivity contribution < 1.29 is 22.8 Å². The molecular weight excluding hydrogens is 478 g/mol. The Balaban J connectivity index is 1.75. The number of nitrogens with one attached hydrogen (secondary N) is 1. The molecule has 2 aromatic carbocycles. The summed E-state index contributed by atoms with van der Waals surface area (Å²) in [5.41, 5.74) is 2.11. The molecule has 36 heavy (non-hydrogen) atoms. The predicted octanol–water partition coefficient (Wildman–Crippen LogP) is 3.64. The number of amides is 3. The van der Waals surface area contributed by atoms with E-state index in [1.54, 1.807) is 17.0 Å². The van der Waals surface area contributed by atoms with Crippen molar-refractivity contribution in [1.29, 1.82) is 0 Å². The molecule has 0 fully saturated rings. The number of nitrogens with zero attached hydrogens (tertiary/aromatic N) is 2. The topological polar surface area (TPSA) is 104 Å². The summed E-state index contributed by atoms with van der Waals surface area (Å²) in [7, 11) is -3.92. The van der Waals surface area contributed by atoms with Crippen molar-refractivity contribution in [2.45, 2.75) is 76.9 Å². The molecule has 3 amide bonds. The fraction of sp³-hybridized carbons (Fsp3) is 0.444. The summed E-state index contributed by atoms with van der Waals surface area (Å²) in [5.74, 6) is -1.04. The molecule has 9 heteroatoms. The minimum atomic E-state index is -3.92. The van der Waals surface area contributed by atoms with Crippen molar-refractivity contribution in [3.63, 3.8) is 0 Å². The molecular formula is C27H35N3O5S. The molecule has 0 unspecified atom stereocenters. The number of carbonyl (C=O) groups is 3. The van der Waals surface area contributed by atoms with Crippen LogP contribution in [0.2, 0.25) is 0 Å². The lowest BCUT2D eigenvalue weighted by atomic mass is 10.1. The zero-order valence-electron chi connectivity index (χ0n) is 21.4. The van der Waals surface area contributed by atoms with Crippen molar-refractivity contribution in [2.75, 3.05) is 6.54 Å². The van der Waals surface area contributed by atoms with Crippen molar-refractivity contribution in [3.05, 3.63) is 65.2 Å². The molecule has 1 N–H and O–H groups in total. The molecule has 0 aliphatic carbocycles. The highest BCUT2D eigenvalue weighted by molar-refractivity contribution is 7.90. The molecule has 0 aromatic heterocycles. The van der Waals surface area contributed by atoms with Gasteiger partial charge in [0, 0.05) is 25.6 Å². The van der Waals surface area contributed by atoms with Gasteiger partial charge in [-0.1, -0.05) is 55.8 Å². The molecule has 0 saturated heterocycles. The fourth-order valence-electron chi connectivity index (χ4n) is 4.34. The van der Waals surface area contributed by atoms with E-state index in [2.05, 4.69) is 5.32 Å². The summed E-state index contributed by atoms with van der Waals surface area (Å²) < 4.78 is 26.5. The van der Waals surface area contributed by atoms with E-state index >= 15 is 0 Å². The van der Waals surface area contributed by atoms with E-state index in [1.807, 2.05) is 52.0 Å². The third kappa shape index (κ3) is 5.95. The van der Waals surface area contributed by atoms with Gasteiger partial charge in [0.25, 0.3) is 15.9 Å². The third-order valence-corrected chi connectivity index (χ3v) is 8.33. The van der Waals surface area contributed by atoms with Gasteiger partial charge in [0.15, 0.2) is 0 Å². The quantitative estimate of drug-likeness (QED) is 0.494. The van der Waals surface area contributed by atoms with Crippen molar-refractivity contribution in [1.82, 2.24) is 14.5 Å². The van der Waals surface area contributed by atoms with E-state index < -0.39 is 22.0 Å². The number of hydrogen-bond donors (Lipinski definition) is 1. The maximum Gasteiger partial charge on any atom is 0.269 e. The molecule has 0 bridgehead atoms. The molecule has 1 aliphatic rings. The van der Waals surface area contributed by atoms with E-state index in [0.717, 1.165) is 21.9 Å². The molecule has 1 aliphatic heterocycles. The maximum absolute atomic E-state index is 13.4. The summed E-state index contributed by atoms with van der Waals surface area (Å²) >= 11 is 0.